The summed E-state index contributed by atoms with van der Waals surface area (Å²) < 4.78 is 25.4. The first-order valence-electron chi connectivity index (χ1n) is 9.70. The minimum atomic E-state index is -0.361. The molecule has 0 atom stereocenters. The second-order valence-electron chi connectivity index (χ2n) is 7.44. The van der Waals surface area contributed by atoms with E-state index in [1.54, 1.807) is 24.4 Å². The molecule has 0 spiro atoms. The highest BCUT2D eigenvalue weighted by molar-refractivity contribution is 6.15. The van der Waals surface area contributed by atoms with Gasteiger partial charge in [-0.05, 0) is 48.9 Å². The fraction of sp³-hybridized carbons (Fsp3) is 0.167. The van der Waals surface area contributed by atoms with Crippen molar-refractivity contribution in [3.8, 4) is 11.5 Å². The Bertz CT molecular complexity index is 1170. The smallest absolute Gasteiger partial charge is 0.231 e. The van der Waals surface area contributed by atoms with Gasteiger partial charge >= 0.3 is 0 Å². The van der Waals surface area contributed by atoms with Gasteiger partial charge < -0.3 is 9.47 Å². The quantitative estimate of drug-likeness (QED) is 0.604. The number of pyridine rings is 1. The Hall–Kier alpha value is -3.51. The van der Waals surface area contributed by atoms with Gasteiger partial charge in [-0.1, -0.05) is 18.2 Å². The topological polar surface area (TPSA) is 51.7 Å². The van der Waals surface area contributed by atoms with Gasteiger partial charge in [-0.15, -0.1) is 0 Å². The van der Waals surface area contributed by atoms with Crippen molar-refractivity contribution in [3.05, 3.63) is 94.3 Å². The van der Waals surface area contributed by atoms with Crippen molar-refractivity contribution < 1.29 is 18.7 Å². The third-order valence-corrected chi connectivity index (χ3v) is 5.26. The molecule has 2 aliphatic rings. The van der Waals surface area contributed by atoms with Crippen molar-refractivity contribution >= 4 is 11.9 Å². The van der Waals surface area contributed by atoms with Crippen LogP contribution in [0.15, 0.2) is 60.5 Å². The molecule has 0 saturated carbocycles. The van der Waals surface area contributed by atoms with Crippen LogP contribution in [0.1, 0.15) is 32.7 Å². The number of Topliss-reactive ketones (excluding diaryl/α,β-unsaturated/α-hetero) is 1. The van der Waals surface area contributed by atoms with E-state index in [9.17, 15) is 9.18 Å². The van der Waals surface area contributed by atoms with Crippen LogP contribution in [0.25, 0.3) is 6.08 Å². The second kappa shape index (κ2) is 7.39. The number of aromatic nitrogens is 1. The number of ether oxygens (including phenoxy) is 2. The number of nitrogens with zero attached hydrogens (tertiary/aromatic N) is 2. The van der Waals surface area contributed by atoms with Gasteiger partial charge in [-0.25, -0.2) is 4.39 Å². The fourth-order valence-electron chi connectivity index (χ4n) is 3.87. The molecule has 2 aromatic carbocycles. The zero-order valence-corrected chi connectivity index (χ0v) is 16.4. The summed E-state index contributed by atoms with van der Waals surface area (Å²) in [6.45, 7) is 3.63. The summed E-state index contributed by atoms with van der Waals surface area (Å²) in [5.74, 6) is 0.888. The highest BCUT2D eigenvalue weighted by atomic mass is 19.1. The van der Waals surface area contributed by atoms with E-state index in [0.29, 0.717) is 36.7 Å². The maximum absolute atomic E-state index is 13.5. The van der Waals surface area contributed by atoms with E-state index in [1.165, 1.54) is 12.1 Å². The number of rotatable bonds is 3. The van der Waals surface area contributed by atoms with E-state index in [4.69, 9.17) is 9.47 Å². The molecule has 2 aliphatic heterocycles. The van der Waals surface area contributed by atoms with E-state index >= 15 is 0 Å². The molecule has 0 aliphatic carbocycles. The molecular formula is C24H19FN2O3. The summed E-state index contributed by atoms with van der Waals surface area (Å²) in [7, 11) is 0. The van der Waals surface area contributed by atoms with Gasteiger partial charge in [0, 0.05) is 30.4 Å². The van der Waals surface area contributed by atoms with Crippen molar-refractivity contribution in [1.29, 1.82) is 0 Å². The molecule has 1 aromatic heterocycles. The van der Waals surface area contributed by atoms with Crippen LogP contribution in [0.5, 0.6) is 11.5 Å². The van der Waals surface area contributed by atoms with E-state index in [2.05, 4.69) is 9.88 Å². The van der Waals surface area contributed by atoms with Crippen molar-refractivity contribution in [2.45, 2.75) is 20.0 Å². The Morgan fingerprint density at radius 3 is 2.87 bits per heavy atom. The van der Waals surface area contributed by atoms with Crippen LogP contribution in [0.3, 0.4) is 0 Å². The lowest BCUT2D eigenvalue weighted by Crippen LogP contribution is -2.32. The van der Waals surface area contributed by atoms with Crippen LogP contribution < -0.4 is 9.47 Å². The first kappa shape index (κ1) is 18.5. The van der Waals surface area contributed by atoms with Gasteiger partial charge in [0.25, 0.3) is 0 Å². The Labute approximate surface area is 173 Å². The maximum atomic E-state index is 13.5. The number of carbonyl (C=O) groups is 1. The number of carbonyl (C=O) groups excluding carboxylic acids is 1. The normalized spacial score (nSPS) is 16.7. The molecular weight excluding hydrogens is 383 g/mol. The van der Waals surface area contributed by atoms with Crippen LogP contribution in [0.2, 0.25) is 0 Å². The largest absolute Gasteiger partial charge is 0.477 e. The molecule has 3 heterocycles. The first-order chi connectivity index (χ1) is 14.6. The molecule has 30 heavy (non-hydrogen) atoms. The number of fused-ring (bicyclic) bond motifs is 2. The Morgan fingerprint density at radius 2 is 2.07 bits per heavy atom. The fourth-order valence-corrected chi connectivity index (χ4v) is 3.87. The van der Waals surface area contributed by atoms with Gasteiger partial charge in [0.15, 0.2) is 5.76 Å². The first-order valence-corrected chi connectivity index (χ1v) is 9.70. The number of benzene rings is 2. The van der Waals surface area contributed by atoms with Gasteiger partial charge in [-0.3, -0.25) is 14.7 Å². The van der Waals surface area contributed by atoms with E-state index < -0.39 is 0 Å². The molecule has 0 bridgehead atoms. The summed E-state index contributed by atoms with van der Waals surface area (Å²) in [5.41, 5.74) is 3.79. The highest BCUT2D eigenvalue weighted by Gasteiger charge is 2.33. The Balaban J connectivity index is 1.44. The molecule has 150 valence electrons. The Kier molecular flexibility index (Phi) is 4.56. The molecule has 0 unspecified atom stereocenters. The lowest BCUT2D eigenvalue weighted by atomic mass is 10.00. The molecule has 3 aromatic rings. The minimum Gasteiger partial charge on any atom is -0.477 e. The molecule has 0 amide bonds. The van der Waals surface area contributed by atoms with Crippen LogP contribution in [0.4, 0.5) is 4.39 Å². The average molecular weight is 402 g/mol. The summed E-state index contributed by atoms with van der Waals surface area (Å²) >= 11 is 0. The molecule has 0 saturated heterocycles. The molecule has 5 rings (SSSR count). The summed E-state index contributed by atoms with van der Waals surface area (Å²) in [6.07, 6.45) is 3.34. The predicted molar refractivity (Wildman–Crippen MR) is 109 cm³/mol. The number of hydrogen-bond donors (Lipinski definition) is 0. The van der Waals surface area contributed by atoms with Crippen LogP contribution in [-0.2, 0) is 13.1 Å². The van der Waals surface area contributed by atoms with E-state index in [-0.39, 0.29) is 17.4 Å². The third-order valence-electron chi connectivity index (χ3n) is 5.26. The highest BCUT2D eigenvalue weighted by Crippen LogP contribution is 2.43. The number of allylic oxidation sites excluding steroid dienone is 1. The van der Waals surface area contributed by atoms with Crippen molar-refractivity contribution in [2.75, 3.05) is 6.73 Å². The lowest BCUT2D eigenvalue weighted by Gasteiger charge is -2.30. The van der Waals surface area contributed by atoms with Crippen molar-refractivity contribution in [2.24, 2.45) is 0 Å². The number of hydrogen-bond acceptors (Lipinski definition) is 5. The van der Waals surface area contributed by atoms with Crippen molar-refractivity contribution in [3.63, 3.8) is 0 Å². The van der Waals surface area contributed by atoms with E-state index in [1.807, 2.05) is 31.2 Å². The SMILES string of the molecule is Cc1c2c(cc3c1O/C(=C\c1cccc(F)c1)C3=O)CN(Cc1ccccn1)CO2. The zero-order chi connectivity index (χ0) is 20.7. The third kappa shape index (κ3) is 3.35. The molecule has 5 nitrogen and oxygen atoms in total. The number of halogens is 1. The lowest BCUT2D eigenvalue weighted by molar-refractivity contribution is 0.0865. The second-order valence-corrected chi connectivity index (χ2v) is 7.44. The number of ketones is 1. The molecule has 0 fully saturated rings. The molecule has 0 radical (unpaired) electrons. The predicted octanol–water partition coefficient (Wildman–Crippen LogP) is 4.50. The van der Waals surface area contributed by atoms with E-state index in [0.717, 1.165) is 22.6 Å². The summed E-state index contributed by atoms with van der Waals surface area (Å²) in [6, 6.07) is 13.7. The average Bonchev–Trinajstić information content (AvgIpc) is 3.05. The maximum Gasteiger partial charge on any atom is 0.231 e. The van der Waals surface area contributed by atoms with Gasteiger partial charge in [0.05, 0.1) is 11.3 Å². The minimum absolute atomic E-state index is 0.186. The van der Waals surface area contributed by atoms with Gasteiger partial charge in [0.2, 0.25) is 5.78 Å². The van der Waals surface area contributed by atoms with Crippen LogP contribution >= 0.6 is 0 Å². The van der Waals surface area contributed by atoms with Gasteiger partial charge in [-0.2, -0.15) is 0 Å². The monoisotopic (exact) mass is 402 g/mol. The molecule has 0 N–H and O–H groups in total. The van der Waals surface area contributed by atoms with Gasteiger partial charge in [0.1, 0.15) is 24.0 Å². The Morgan fingerprint density at radius 1 is 1.17 bits per heavy atom. The van der Waals surface area contributed by atoms with Crippen LogP contribution in [-0.4, -0.2) is 22.4 Å². The summed E-state index contributed by atoms with van der Waals surface area (Å²) in [5, 5.41) is 0. The van der Waals surface area contributed by atoms with Crippen molar-refractivity contribution in [1.82, 2.24) is 9.88 Å². The van der Waals surface area contributed by atoms with Crippen LogP contribution in [0, 0.1) is 12.7 Å². The summed E-state index contributed by atoms with van der Waals surface area (Å²) in [4.78, 5) is 19.4. The standard InChI is InChI=1S/C24H19FN2O3/c1-15-23-17(12-27(14-29-23)13-19-7-2-3-8-26-19)11-20-22(28)21(30-24(15)20)10-16-5-4-6-18(25)9-16/h2-11H,12-14H2,1H3/b21-10-. The molecule has 6 heteroatoms. The zero-order valence-electron chi connectivity index (χ0n) is 16.4.